The van der Waals surface area contributed by atoms with E-state index >= 15 is 0 Å². The highest BCUT2D eigenvalue weighted by atomic mass is 32.1. The summed E-state index contributed by atoms with van der Waals surface area (Å²) in [4.78, 5) is 17.0. The second-order valence-electron chi connectivity index (χ2n) is 5.69. The molecule has 0 spiro atoms. The van der Waals surface area contributed by atoms with Gasteiger partial charge in [0.15, 0.2) is 0 Å². The molecule has 2 aromatic heterocycles. The summed E-state index contributed by atoms with van der Waals surface area (Å²) in [5.74, 6) is 1.77. The van der Waals surface area contributed by atoms with Gasteiger partial charge in [0.25, 0.3) is 0 Å². The fraction of sp³-hybridized carbons (Fsp3) is 0.222. The summed E-state index contributed by atoms with van der Waals surface area (Å²) in [6.45, 7) is 2.30. The van der Waals surface area contributed by atoms with Crippen molar-refractivity contribution in [3.05, 3.63) is 53.2 Å². The van der Waals surface area contributed by atoms with E-state index in [1.807, 2.05) is 36.6 Å². The molecule has 24 heavy (non-hydrogen) atoms. The maximum atomic E-state index is 11.6. The van der Waals surface area contributed by atoms with Gasteiger partial charge in [0, 0.05) is 6.07 Å². The molecule has 1 aliphatic rings. The van der Waals surface area contributed by atoms with Gasteiger partial charge in [-0.1, -0.05) is 19.1 Å². The van der Waals surface area contributed by atoms with E-state index in [-0.39, 0.29) is 18.5 Å². The van der Waals surface area contributed by atoms with Gasteiger partial charge >= 0.3 is 5.97 Å². The van der Waals surface area contributed by atoms with Gasteiger partial charge in [0.05, 0.1) is 11.3 Å². The summed E-state index contributed by atoms with van der Waals surface area (Å²) in [7, 11) is 0. The quantitative estimate of drug-likeness (QED) is 0.520. The summed E-state index contributed by atoms with van der Waals surface area (Å²) in [6, 6.07) is 9.50. The first-order chi connectivity index (χ1) is 11.7. The van der Waals surface area contributed by atoms with Crippen LogP contribution in [0.1, 0.15) is 30.5 Å². The lowest BCUT2D eigenvalue weighted by Crippen LogP contribution is -2.18. The molecule has 3 aromatic rings. The Labute approximate surface area is 142 Å². The topological polar surface area (TPSA) is 61.6 Å². The molecule has 122 valence electrons. The van der Waals surface area contributed by atoms with E-state index in [1.54, 1.807) is 23.7 Å². The SMILES string of the molecule is CC1CC(=O)Oc2cc(OCc3coc(-c4cccs4)n3)ccc21. The first-order valence-corrected chi connectivity index (χ1v) is 8.53. The minimum absolute atomic E-state index is 0.166. The van der Waals surface area contributed by atoms with Crippen LogP contribution >= 0.6 is 11.3 Å². The number of carbonyl (C=O) groups is 1. The van der Waals surface area contributed by atoms with Crippen LogP contribution in [0, 0.1) is 0 Å². The highest BCUT2D eigenvalue weighted by molar-refractivity contribution is 7.13. The number of fused-ring (bicyclic) bond motifs is 1. The second-order valence-corrected chi connectivity index (χ2v) is 6.64. The van der Waals surface area contributed by atoms with Crippen molar-refractivity contribution >= 4 is 17.3 Å². The minimum Gasteiger partial charge on any atom is -0.487 e. The lowest BCUT2D eigenvalue weighted by atomic mass is 9.95. The number of oxazole rings is 1. The molecule has 0 N–H and O–H groups in total. The number of carbonyl (C=O) groups excluding carboxylic acids is 1. The van der Waals surface area contributed by atoms with Crippen molar-refractivity contribution in [2.75, 3.05) is 0 Å². The average molecular weight is 341 g/mol. The Balaban J connectivity index is 1.47. The molecule has 1 unspecified atom stereocenters. The first-order valence-electron chi connectivity index (χ1n) is 7.65. The van der Waals surface area contributed by atoms with Crippen molar-refractivity contribution in [1.82, 2.24) is 4.98 Å². The number of hydrogen-bond donors (Lipinski definition) is 0. The molecule has 0 fully saturated rings. The van der Waals surface area contributed by atoms with E-state index in [9.17, 15) is 4.79 Å². The van der Waals surface area contributed by atoms with E-state index < -0.39 is 0 Å². The van der Waals surface area contributed by atoms with Gasteiger partial charge in [0.2, 0.25) is 5.89 Å². The van der Waals surface area contributed by atoms with Crippen LogP contribution < -0.4 is 9.47 Å². The summed E-state index contributed by atoms with van der Waals surface area (Å²) in [5, 5.41) is 1.98. The molecule has 6 heteroatoms. The molecular weight excluding hydrogens is 326 g/mol. The molecule has 0 radical (unpaired) electrons. The third-order valence-corrected chi connectivity index (χ3v) is 4.74. The third kappa shape index (κ3) is 2.92. The molecule has 1 aliphatic heterocycles. The summed E-state index contributed by atoms with van der Waals surface area (Å²) in [6.07, 6.45) is 2.01. The summed E-state index contributed by atoms with van der Waals surface area (Å²) in [5.41, 5.74) is 1.74. The predicted octanol–water partition coefficient (Wildman–Crippen LogP) is 4.39. The van der Waals surface area contributed by atoms with Crippen molar-refractivity contribution in [2.24, 2.45) is 0 Å². The number of rotatable bonds is 4. The van der Waals surface area contributed by atoms with Crippen LogP contribution in [-0.2, 0) is 11.4 Å². The lowest BCUT2D eigenvalue weighted by molar-refractivity contribution is -0.135. The van der Waals surface area contributed by atoms with Gasteiger partial charge in [-0.05, 0) is 29.0 Å². The molecule has 0 saturated carbocycles. The van der Waals surface area contributed by atoms with E-state index in [4.69, 9.17) is 13.9 Å². The van der Waals surface area contributed by atoms with E-state index in [0.29, 0.717) is 29.5 Å². The van der Waals surface area contributed by atoms with Crippen LogP contribution in [-0.4, -0.2) is 11.0 Å². The standard InChI is InChI=1S/C18H15NO4S/c1-11-7-17(20)23-15-8-13(4-5-14(11)15)21-9-12-10-22-18(19-12)16-3-2-6-24-16/h2-6,8,10-11H,7,9H2,1H3. The van der Waals surface area contributed by atoms with E-state index in [2.05, 4.69) is 4.98 Å². The minimum atomic E-state index is -0.204. The summed E-state index contributed by atoms with van der Waals surface area (Å²) >= 11 is 1.57. The Bertz CT molecular complexity index is 869. The largest absolute Gasteiger partial charge is 0.487 e. The van der Waals surface area contributed by atoms with Crippen molar-refractivity contribution in [1.29, 1.82) is 0 Å². The van der Waals surface area contributed by atoms with Gasteiger partial charge in [-0.25, -0.2) is 4.98 Å². The Kier molecular flexibility index (Phi) is 3.82. The molecule has 0 saturated heterocycles. The van der Waals surface area contributed by atoms with Crippen LogP contribution in [0.3, 0.4) is 0 Å². The van der Waals surface area contributed by atoms with Gasteiger partial charge in [-0.15, -0.1) is 11.3 Å². The average Bonchev–Trinajstić information content (AvgIpc) is 3.23. The number of esters is 1. The van der Waals surface area contributed by atoms with Crippen LogP contribution in [0.4, 0.5) is 0 Å². The highest BCUT2D eigenvalue weighted by Crippen LogP contribution is 2.36. The van der Waals surface area contributed by atoms with Crippen molar-refractivity contribution in [3.63, 3.8) is 0 Å². The molecule has 1 atom stereocenters. The second kappa shape index (κ2) is 6.13. The molecular formula is C18H15NO4S. The first kappa shape index (κ1) is 15.0. The Morgan fingerprint density at radius 2 is 2.29 bits per heavy atom. The molecule has 1 aromatic carbocycles. The van der Waals surface area contributed by atoms with Crippen LogP contribution in [0.2, 0.25) is 0 Å². The number of nitrogens with zero attached hydrogens (tertiary/aromatic N) is 1. The molecule has 0 aliphatic carbocycles. The third-order valence-electron chi connectivity index (χ3n) is 3.88. The van der Waals surface area contributed by atoms with Crippen molar-refractivity contribution in [2.45, 2.75) is 25.9 Å². The van der Waals surface area contributed by atoms with Gasteiger partial charge in [0.1, 0.15) is 30.1 Å². The number of aromatic nitrogens is 1. The fourth-order valence-corrected chi connectivity index (χ4v) is 3.32. The number of ether oxygens (including phenoxy) is 2. The molecule has 0 amide bonds. The van der Waals surface area contributed by atoms with Gasteiger partial charge < -0.3 is 13.9 Å². The number of hydrogen-bond acceptors (Lipinski definition) is 6. The van der Waals surface area contributed by atoms with Crippen molar-refractivity contribution in [3.8, 4) is 22.3 Å². The molecule has 5 nitrogen and oxygen atoms in total. The van der Waals surface area contributed by atoms with Crippen molar-refractivity contribution < 1.29 is 18.7 Å². The Morgan fingerprint density at radius 1 is 1.38 bits per heavy atom. The zero-order chi connectivity index (χ0) is 16.5. The summed E-state index contributed by atoms with van der Waals surface area (Å²) < 4.78 is 16.5. The van der Waals surface area contributed by atoms with E-state index in [0.717, 1.165) is 10.4 Å². The maximum absolute atomic E-state index is 11.6. The molecule has 3 heterocycles. The number of benzene rings is 1. The predicted molar refractivity (Wildman–Crippen MR) is 89.3 cm³/mol. The maximum Gasteiger partial charge on any atom is 0.311 e. The van der Waals surface area contributed by atoms with Crippen LogP contribution in [0.15, 0.2) is 46.4 Å². The number of thiophene rings is 1. The van der Waals surface area contributed by atoms with Crippen LogP contribution in [0.5, 0.6) is 11.5 Å². The Hall–Kier alpha value is -2.60. The highest BCUT2D eigenvalue weighted by Gasteiger charge is 2.24. The molecule has 0 bridgehead atoms. The lowest BCUT2D eigenvalue weighted by Gasteiger charge is -2.21. The zero-order valence-electron chi connectivity index (χ0n) is 13.0. The Morgan fingerprint density at radius 3 is 3.12 bits per heavy atom. The fourth-order valence-electron chi connectivity index (χ4n) is 2.67. The monoisotopic (exact) mass is 341 g/mol. The molecule has 4 rings (SSSR count). The van der Waals surface area contributed by atoms with Crippen LogP contribution in [0.25, 0.3) is 10.8 Å². The zero-order valence-corrected chi connectivity index (χ0v) is 13.8. The van der Waals surface area contributed by atoms with Gasteiger partial charge in [-0.2, -0.15) is 0 Å². The smallest absolute Gasteiger partial charge is 0.311 e. The van der Waals surface area contributed by atoms with Gasteiger partial charge in [-0.3, -0.25) is 4.79 Å². The normalized spacial score (nSPS) is 16.5. The van der Waals surface area contributed by atoms with E-state index in [1.165, 1.54) is 0 Å².